The lowest BCUT2D eigenvalue weighted by Crippen LogP contribution is -2.44. The van der Waals surface area contributed by atoms with Crippen molar-refractivity contribution in [3.05, 3.63) is 0 Å². The molecule has 3 nitrogen and oxygen atoms in total. The van der Waals surface area contributed by atoms with Crippen molar-refractivity contribution in [2.75, 3.05) is 33.8 Å². The van der Waals surface area contributed by atoms with Crippen molar-refractivity contribution >= 4 is 0 Å². The summed E-state index contributed by atoms with van der Waals surface area (Å²) in [5, 5.41) is 3.56. The van der Waals surface area contributed by atoms with Crippen molar-refractivity contribution in [2.45, 2.75) is 38.3 Å². The van der Waals surface area contributed by atoms with Gasteiger partial charge in [0.2, 0.25) is 0 Å². The van der Waals surface area contributed by atoms with Crippen LogP contribution in [0.2, 0.25) is 0 Å². The van der Waals surface area contributed by atoms with E-state index in [4.69, 9.17) is 4.74 Å². The molecule has 0 aromatic rings. The lowest BCUT2D eigenvalue weighted by Gasteiger charge is -2.29. The fourth-order valence-electron chi connectivity index (χ4n) is 2.04. The van der Waals surface area contributed by atoms with Gasteiger partial charge in [0.05, 0.1) is 6.10 Å². The van der Waals surface area contributed by atoms with Gasteiger partial charge in [0.15, 0.2) is 0 Å². The number of nitrogens with zero attached hydrogens (tertiary/aromatic N) is 1. The number of likely N-dealkylation sites (N-methyl/N-ethyl adjacent to an activating group) is 1. The minimum Gasteiger partial charge on any atom is -0.380 e. The maximum Gasteiger partial charge on any atom is 0.0670 e. The van der Waals surface area contributed by atoms with Crippen LogP contribution >= 0.6 is 0 Å². The van der Waals surface area contributed by atoms with Crippen LogP contribution in [0.5, 0.6) is 0 Å². The van der Waals surface area contributed by atoms with E-state index in [0.29, 0.717) is 12.1 Å². The minimum atomic E-state index is 0.337. The van der Waals surface area contributed by atoms with Gasteiger partial charge in [0.25, 0.3) is 0 Å². The van der Waals surface area contributed by atoms with Crippen molar-refractivity contribution in [3.63, 3.8) is 0 Å². The van der Waals surface area contributed by atoms with Crippen LogP contribution in [0.1, 0.15) is 26.2 Å². The van der Waals surface area contributed by atoms with Crippen LogP contribution < -0.4 is 5.32 Å². The molecule has 0 aromatic carbocycles. The summed E-state index contributed by atoms with van der Waals surface area (Å²) in [5.41, 5.74) is 0. The molecule has 1 saturated heterocycles. The van der Waals surface area contributed by atoms with Crippen molar-refractivity contribution in [3.8, 4) is 0 Å². The van der Waals surface area contributed by atoms with Crippen LogP contribution in [-0.2, 0) is 4.74 Å². The van der Waals surface area contributed by atoms with E-state index in [9.17, 15) is 0 Å². The fourth-order valence-corrected chi connectivity index (χ4v) is 2.04. The first kappa shape index (κ1) is 12.0. The topological polar surface area (TPSA) is 24.5 Å². The van der Waals surface area contributed by atoms with E-state index in [2.05, 4.69) is 24.2 Å². The second kappa shape index (κ2) is 6.38. The van der Waals surface area contributed by atoms with Crippen molar-refractivity contribution in [1.82, 2.24) is 10.2 Å². The van der Waals surface area contributed by atoms with Gasteiger partial charge in [-0.05, 0) is 33.4 Å². The zero-order chi connectivity index (χ0) is 10.4. The molecule has 0 spiro atoms. The minimum absolute atomic E-state index is 0.337. The molecule has 1 aliphatic heterocycles. The highest BCUT2D eigenvalue weighted by atomic mass is 16.5. The van der Waals surface area contributed by atoms with Crippen LogP contribution in [0.4, 0.5) is 0 Å². The zero-order valence-electron chi connectivity index (χ0n) is 9.75. The average molecular weight is 200 g/mol. The maximum atomic E-state index is 5.25. The maximum absolute atomic E-state index is 5.25. The van der Waals surface area contributed by atoms with Crippen molar-refractivity contribution in [2.24, 2.45) is 0 Å². The Bertz CT molecular complexity index is 146. The SMILES string of the molecule is COC(C)CN(C)CC1CCCCN1. The molecule has 0 bridgehead atoms. The molecule has 1 fully saturated rings. The normalized spacial score (nSPS) is 25.3. The third-order valence-electron chi connectivity index (χ3n) is 2.92. The lowest BCUT2D eigenvalue weighted by atomic mass is 10.0. The molecule has 1 heterocycles. The number of hydrogen-bond donors (Lipinski definition) is 1. The molecule has 0 saturated carbocycles. The first-order chi connectivity index (χ1) is 6.72. The van der Waals surface area contributed by atoms with Gasteiger partial charge in [-0.15, -0.1) is 0 Å². The number of rotatable bonds is 5. The average Bonchev–Trinajstić information content (AvgIpc) is 2.19. The zero-order valence-corrected chi connectivity index (χ0v) is 9.75. The number of piperidine rings is 1. The molecule has 14 heavy (non-hydrogen) atoms. The quantitative estimate of drug-likeness (QED) is 0.719. The molecule has 84 valence electrons. The second-order valence-electron chi connectivity index (χ2n) is 4.41. The third kappa shape index (κ3) is 4.40. The van der Waals surface area contributed by atoms with E-state index < -0.39 is 0 Å². The standard InChI is InChI=1S/C11H24N2O/c1-10(14-3)8-13(2)9-11-6-4-5-7-12-11/h10-12H,4-9H2,1-3H3. The molecular formula is C11H24N2O. The molecule has 0 aliphatic carbocycles. The molecule has 2 unspecified atom stereocenters. The van der Waals surface area contributed by atoms with Gasteiger partial charge in [-0.25, -0.2) is 0 Å². The van der Waals surface area contributed by atoms with Gasteiger partial charge in [0, 0.05) is 26.2 Å². The van der Waals surface area contributed by atoms with E-state index in [1.807, 2.05) is 0 Å². The summed E-state index contributed by atoms with van der Waals surface area (Å²) in [4.78, 5) is 2.36. The molecule has 1 aliphatic rings. The summed E-state index contributed by atoms with van der Waals surface area (Å²) in [6.45, 7) is 5.48. The van der Waals surface area contributed by atoms with E-state index in [1.165, 1.54) is 25.8 Å². The molecule has 2 atom stereocenters. The van der Waals surface area contributed by atoms with Crippen molar-refractivity contribution in [1.29, 1.82) is 0 Å². The van der Waals surface area contributed by atoms with Gasteiger partial charge in [-0.3, -0.25) is 0 Å². The smallest absolute Gasteiger partial charge is 0.0670 e. The first-order valence-corrected chi connectivity index (χ1v) is 5.67. The van der Waals surface area contributed by atoms with Gasteiger partial charge in [-0.2, -0.15) is 0 Å². The lowest BCUT2D eigenvalue weighted by molar-refractivity contribution is 0.0815. The summed E-state index contributed by atoms with van der Waals surface area (Å²) in [6.07, 6.45) is 4.38. The molecular weight excluding hydrogens is 176 g/mol. The number of ether oxygens (including phenoxy) is 1. The Balaban J connectivity index is 2.14. The summed E-state index contributed by atoms with van der Waals surface area (Å²) < 4.78 is 5.25. The predicted octanol–water partition coefficient (Wildman–Crippen LogP) is 1.10. The predicted molar refractivity (Wildman–Crippen MR) is 59.6 cm³/mol. The monoisotopic (exact) mass is 200 g/mol. The molecule has 0 aromatic heterocycles. The van der Waals surface area contributed by atoms with Crippen LogP contribution in [0.25, 0.3) is 0 Å². The molecule has 1 rings (SSSR count). The molecule has 0 amide bonds. The Morgan fingerprint density at radius 2 is 2.29 bits per heavy atom. The van der Waals surface area contributed by atoms with Crippen LogP contribution in [0, 0.1) is 0 Å². The molecule has 3 heteroatoms. The Kier molecular flexibility index (Phi) is 5.45. The van der Waals surface area contributed by atoms with Gasteiger partial charge in [-0.1, -0.05) is 6.42 Å². The van der Waals surface area contributed by atoms with E-state index >= 15 is 0 Å². The fraction of sp³-hybridized carbons (Fsp3) is 1.00. The van der Waals surface area contributed by atoms with E-state index in [1.54, 1.807) is 7.11 Å². The summed E-state index contributed by atoms with van der Waals surface area (Å²) >= 11 is 0. The highest BCUT2D eigenvalue weighted by Gasteiger charge is 2.15. The van der Waals surface area contributed by atoms with Gasteiger partial charge >= 0.3 is 0 Å². The number of nitrogens with one attached hydrogen (secondary N) is 1. The molecule has 1 N–H and O–H groups in total. The second-order valence-corrected chi connectivity index (χ2v) is 4.41. The highest BCUT2D eigenvalue weighted by Crippen LogP contribution is 2.08. The van der Waals surface area contributed by atoms with Gasteiger partial charge < -0.3 is 15.0 Å². The number of hydrogen-bond acceptors (Lipinski definition) is 3. The Hall–Kier alpha value is -0.120. The van der Waals surface area contributed by atoms with Gasteiger partial charge in [0.1, 0.15) is 0 Å². The summed E-state index contributed by atoms with van der Waals surface area (Å²) in [5.74, 6) is 0. The van der Waals surface area contributed by atoms with E-state index in [0.717, 1.165) is 13.1 Å². The van der Waals surface area contributed by atoms with Crippen LogP contribution in [0.15, 0.2) is 0 Å². The van der Waals surface area contributed by atoms with E-state index in [-0.39, 0.29) is 0 Å². The highest BCUT2D eigenvalue weighted by molar-refractivity contribution is 4.75. The Morgan fingerprint density at radius 3 is 2.86 bits per heavy atom. The van der Waals surface area contributed by atoms with Crippen LogP contribution in [0.3, 0.4) is 0 Å². The largest absolute Gasteiger partial charge is 0.380 e. The van der Waals surface area contributed by atoms with Crippen LogP contribution in [-0.4, -0.2) is 50.8 Å². The number of methoxy groups -OCH3 is 1. The summed E-state index contributed by atoms with van der Waals surface area (Å²) in [7, 11) is 3.95. The third-order valence-corrected chi connectivity index (χ3v) is 2.92. The van der Waals surface area contributed by atoms with Crippen molar-refractivity contribution < 1.29 is 4.74 Å². The summed E-state index contributed by atoms with van der Waals surface area (Å²) in [6, 6.07) is 0.692. The first-order valence-electron chi connectivity index (χ1n) is 5.67. The Morgan fingerprint density at radius 1 is 1.50 bits per heavy atom. The Labute approximate surface area is 87.8 Å². The molecule has 0 radical (unpaired) electrons.